The average molecular weight is 348 g/mol. The van der Waals surface area contributed by atoms with Gasteiger partial charge in [0.1, 0.15) is 11.9 Å². The molecule has 1 saturated heterocycles. The summed E-state index contributed by atoms with van der Waals surface area (Å²) in [5, 5.41) is 0. The van der Waals surface area contributed by atoms with Crippen molar-refractivity contribution in [3.8, 4) is 0 Å². The number of piperazine rings is 1. The molecule has 7 heteroatoms. The van der Waals surface area contributed by atoms with Gasteiger partial charge in [-0.05, 0) is 39.0 Å². The van der Waals surface area contributed by atoms with Crippen LogP contribution in [0.2, 0.25) is 0 Å². The Morgan fingerprint density at radius 3 is 2.28 bits per heavy atom. The van der Waals surface area contributed by atoms with Crippen LogP contribution in [-0.4, -0.2) is 62.1 Å². The number of benzene rings is 1. The highest BCUT2D eigenvalue weighted by Crippen LogP contribution is 2.24. The summed E-state index contributed by atoms with van der Waals surface area (Å²) in [7, 11) is 1.31. The minimum atomic E-state index is -0.531. The third kappa shape index (κ3) is 4.71. The third-order valence-electron chi connectivity index (χ3n) is 3.83. The standard InChI is InChI=1S/C18H24N2O5/c1-18(2,3)25-17(23)20-9-7-19(8-10-20)15-6-5-13(12-21)11-14(15)16(22)24-4/h5-6,11-12H,7-10H2,1-4H3. The van der Waals surface area contributed by atoms with Crippen LogP contribution in [0.1, 0.15) is 41.5 Å². The van der Waals surface area contributed by atoms with E-state index in [-0.39, 0.29) is 6.09 Å². The van der Waals surface area contributed by atoms with E-state index in [1.165, 1.54) is 13.2 Å². The molecule has 0 aromatic heterocycles. The summed E-state index contributed by atoms with van der Waals surface area (Å²) in [6, 6.07) is 4.92. The van der Waals surface area contributed by atoms with E-state index in [4.69, 9.17) is 9.47 Å². The Kier molecular flexibility index (Phi) is 5.66. The summed E-state index contributed by atoms with van der Waals surface area (Å²) in [5.41, 5.74) is 0.923. The van der Waals surface area contributed by atoms with Crippen LogP contribution in [0.25, 0.3) is 0 Å². The first-order valence-electron chi connectivity index (χ1n) is 8.15. The number of esters is 1. The lowest BCUT2D eigenvalue weighted by atomic mass is 10.1. The lowest BCUT2D eigenvalue weighted by Gasteiger charge is -2.37. The van der Waals surface area contributed by atoms with E-state index in [9.17, 15) is 14.4 Å². The molecule has 1 fully saturated rings. The zero-order valence-electron chi connectivity index (χ0n) is 15.1. The van der Waals surface area contributed by atoms with Crippen LogP contribution in [0.3, 0.4) is 0 Å². The third-order valence-corrected chi connectivity index (χ3v) is 3.83. The maximum absolute atomic E-state index is 12.1. The van der Waals surface area contributed by atoms with E-state index in [2.05, 4.69) is 0 Å². The summed E-state index contributed by atoms with van der Waals surface area (Å²) in [5.74, 6) is -0.492. The molecule has 136 valence electrons. The Morgan fingerprint density at radius 2 is 1.76 bits per heavy atom. The van der Waals surface area contributed by atoms with Crippen molar-refractivity contribution in [2.45, 2.75) is 26.4 Å². The van der Waals surface area contributed by atoms with Gasteiger partial charge in [0.15, 0.2) is 0 Å². The summed E-state index contributed by atoms with van der Waals surface area (Å²) in [6.07, 6.45) is 0.355. The quantitative estimate of drug-likeness (QED) is 0.616. The number of hydrogen-bond donors (Lipinski definition) is 0. The molecular formula is C18H24N2O5. The summed E-state index contributed by atoms with van der Waals surface area (Å²) in [6.45, 7) is 7.60. The fourth-order valence-corrected chi connectivity index (χ4v) is 2.63. The number of aldehydes is 1. The van der Waals surface area contributed by atoms with Crippen LogP contribution in [0.15, 0.2) is 18.2 Å². The number of nitrogens with zero attached hydrogens (tertiary/aromatic N) is 2. The van der Waals surface area contributed by atoms with Gasteiger partial charge < -0.3 is 19.3 Å². The lowest BCUT2D eigenvalue weighted by Crippen LogP contribution is -2.50. The second-order valence-electron chi connectivity index (χ2n) is 6.84. The molecule has 0 radical (unpaired) electrons. The molecule has 7 nitrogen and oxygen atoms in total. The first-order chi connectivity index (χ1) is 11.7. The van der Waals surface area contributed by atoms with Crippen LogP contribution in [-0.2, 0) is 9.47 Å². The van der Waals surface area contributed by atoms with Gasteiger partial charge in [-0.2, -0.15) is 0 Å². The van der Waals surface area contributed by atoms with Crippen LogP contribution < -0.4 is 4.90 Å². The monoisotopic (exact) mass is 348 g/mol. The van der Waals surface area contributed by atoms with Crippen molar-refractivity contribution < 1.29 is 23.9 Å². The molecule has 1 heterocycles. The second kappa shape index (κ2) is 7.55. The van der Waals surface area contributed by atoms with Crippen LogP contribution in [0, 0.1) is 0 Å². The molecule has 1 aromatic carbocycles. The Labute approximate surface area is 147 Å². The smallest absolute Gasteiger partial charge is 0.410 e. The number of anilines is 1. The van der Waals surface area contributed by atoms with Crippen molar-refractivity contribution >= 4 is 24.0 Å². The molecule has 0 N–H and O–H groups in total. The molecule has 25 heavy (non-hydrogen) atoms. The largest absolute Gasteiger partial charge is 0.465 e. The number of ether oxygens (including phenoxy) is 2. The minimum absolute atomic E-state index is 0.336. The van der Waals surface area contributed by atoms with Gasteiger partial charge in [0.2, 0.25) is 0 Å². The Morgan fingerprint density at radius 1 is 1.12 bits per heavy atom. The highest BCUT2D eigenvalue weighted by molar-refractivity contribution is 5.97. The highest BCUT2D eigenvalue weighted by atomic mass is 16.6. The molecule has 0 atom stereocenters. The number of methoxy groups -OCH3 is 1. The van der Waals surface area contributed by atoms with Gasteiger partial charge in [-0.25, -0.2) is 9.59 Å². The van der Waals surface area contributed by atoms with Crippen molar-refractivity contribution in [3.63, 3.8) is 0 Å². The first kappa shape index (κ1) is 18.8. The minimum Gasteiger partial charge on any atom is -0.465 e. The van der Waals surface area contributed by atoms with Crippen molar-refractivity contribution in [2.24, 2.45) is 0 Å². The van der Waals surface area contributed by atoms with E-state index in [1.54, 1.807) is 17.0 Å². The van der Waals surface area contributed by atoms with E-state index in [0.29, 0.717) is 49.3 Å². The fourth-order valence-electron chi connectivity index (χ4n) is 2.63. The molecule has 0 saturated carbocycles. The molecule has 1 amide bonds. The van der Waals surface area contributed by atoms with E-state index in [1.807, 2.05) is 25.7 Å². The number of carbonyl (C=O) groups excluding carboxylic acids is 3. The maximum Gasteiger partial charge on any atom is 0.410 e. The van der Waals surface area contributed by atoms with Crippen molar-refractivity contribution in [2.75, 3.05) is 38.2 Å². The van der Waals surface area contributed by atoms with Crippen molar-refractivity contribution in [1.29, 1.82) is 0 Å². The average Bonchev–Trinajstić information content (AvgIpc) is 2.59. The van der Waals surface area contributed by atoms with Gasteiger partial charge in [0.05, 0.1) is 18.4 Å². The summed E-state index contributed by atoms with van der Waals surface area (Å²) < 4.78 is 10.2. The van der Waals surface area contributed by atoms with Crippen molar-refractivity contribution in [3.05, 3.63) is 29.3 Å². The predicted octanol–water partition coefficient (Wildman–Crippen LogP) is 2.34. The molecule has 1 aliphatic rings. The van der Waals surface area contributed by atoms with Gasteiger partial charge in [-0.3, -0.25) is 4.79 Å². The van der Waals surface area contributed by atoms with E-state index >= 15 is 0 Å². The normalized spacial score (nSPS) is 14.9. The topological polar surface area (TPSA) is 76.2 Å². The predicted molar refractivity (Wildman–Crippen MR) is 93.2 cm³/mol. The Bertz CT molecular complexity index is 658. The number of carbonyl (C=O) groups is 3. The van der Waals surface area contributed by atoms with Crippen molar-refractivity contribution in [1.82, 2.24) is 4.90 Å². The molecule has 0 aliphatic carbocycles. The maximum atomic E-state index is 12.1. The molecule has 1 aliphatic heterocycles. The Balaban J connectivity index is 2.11. The van der Waals surface area contributed by atoms with Crippen LogP contribution in [0.4, 0.5) is 10.5 Å². The SMILES string of the molecule is COC(=O)c1cc(C=O)ccc1N1CCN(C(=O)OC(C)(C)C)CC1. The molecule has 1 aromatic rings. The highest BCUT2D eigenvalue weighted by Gasteiger charge is 2.27. The van der Waals surface area contributed by atoms with Crippen LogP contribution in [0.5, 0.6) is 0 Å². The van der Waals surface area contributed by atoms with Gasteiger partial charge in [0.25, 0.3) is 0 Å². The first-order valence-corrected chi connectivity index (χ1v) is 8.15. The second-order valence-corrected chi connectivity index (χ2v) is 6.84. The van der Waals surface area contributed by atoms with Gasteiger partial charge >= 0.3 is 12.1 Å². The number of amides is 1. The molecule has 2 rings (SSSR count). The Hall–Kier alpha value is -2.57. The fraction of sp³-hybridized carbons (Fsp3) is 0.500. The summed E-state index contributed by atoms with van der Waals surface area (Å²) >= 11 is 0. The number of rotatable bonds is 3. The molecular weight excluding hydrogens is 324 g/mol. The number of hydrogen-bond acceptors (Lipinski definition) is 6. The van der Waals surface area contributed by atoms with E-state index in [0.717, 1.165) is 0 Å². The molecule has 0 spiro atoms. The van der Waals surface area contributed by atoms with Gasteiger partial charge in [0, 0.05) is 31.7 Å². The molecule has 0 unspecified atom stereocenters. The lowest BCUT2D eigenvalue weighted by molar-refractivity contribution is 0.0240. The zero-order chi connectivity index (χ0) is 18.6. The molecule has 0 bridgehead atoms. The van der Waals surface area contributed by atoms with E-state index < -0.39 is 11.6 Å². The van der Waals surface area contributed by atoms with Gasteiger partial charge in [-0.15, -0.1) is 0 Å². The van der Waals surface area contributed by atoms with Crippen LogP contribution >= 0.6 is 0 Å². The summed E-state index contributed by atoms with van der Waals surface area (Å²) in [4.78, 5) is 38.8. The zero-order valence-corrected chi connectivity index (χ0v) is 15.1. The van der Waals surface area contributed by atoms with Gasteiger partial charge in [-0.1, -0.05) is 0 Å².